The molecule has 4 atom stereocenters. The first-order chi connectivity index (χ1) is 14.2. The van der Waals surface area contributed by atoms with Gasteiger partial charge in [-0.15, -0.1) is 0 Å². The van der Waals surface area contributed by atoms with Crippen LogP contribution in [0.15, 0.2) is 66.7 Å². The standard InChI is InChI=1S/C28H27Cl/c1-2-18-13-19-15-21(14-18)28(17-19)25-9-5-3-8-23(25)24-16-20(11-12-26(24)28)22-7-4-6-10-27(22)29/h3-12,16,18-19,21H,2,13-15,17H2,1H3. The Morgan fingerprint density at radius 3 is 2.41 bits per heavy atom. The molecular weight excluding hydrogens is 372 g/mol. The van der Waals surface area contributed by atoms with E-state index in [9.17, 15) is 0 Å². The maximum Gasteiger partial charge on any atom is 0.0484 e. The number of benzene rings is 3. The van der Waals surface area contributed by atoms with Crippen molar-refractivity contribution in [1.82, 2.24) is 0 Å². The molecule has 6 rings (SSSR count). The smallest absolute Gasteiger partial charge is 0.0484 e. The monoisotopic (exact) mass is 398 g/mol. The van der Waals surface area contributed by atoms with Crippen molar-refractivity contribution < 1.29 is 0 Å². The summed E-state index contributed by atoms with van der Waals surface area (Å²) in [5.41, 5.74) is 8.67. The molecule has 3 aromatic carbocycles. The minimum absolute atomic E-state index is 0.236. The van der Waals surface area contributed by atoms with Crippen molar-refractivity contribution in [2.45, 2.75) is 44.4 Å². The largest absolute Gasteiger partial charge is 0.0837 e. The van der Waals surface area contributed by atoms with Gasteiger partial charge in [0.25, 0.3) is 0 Å². The molecule has 0 nitrogen and oxygen atoms in total. The zero-order valence-electron chi connectivity index (χ0n) is 17.0. The number of hydrogen-bond donors (Lipinski definition) is 0. The third-order valence-corrected chi connectivity index (χ3v) is 8.50. The fourth-order valence-corrected chi connectivity index (χ4v) is 7.26. The first kappa shape index (κ1) is 17.8. The third kappa shape index (κ3) is 2.45. The highest BCUT2D eigenvalue weighted by atomic mass is 35.5. The van der Waals surface area contributed by atoms with Gasteiger partial charge in [-0.1, -0.05) is 79.5 Å². The van der Waals surface area contributed by atoms with Crippen molar-refractivity contribution in [3.8, 4) is 22.3 Å². The van der Waals surface area contributed by atoms with E-state index in [1.165, 1.54) is 48.8 Å². The van der Waals surface area contributed by atoms with Crippen LogP contribution in [0, 0.1) is 17.8 Å². The van der Waals surface area contributed by atoms with Gasteiger partial charge in [-0.3, -0.25) is 0 Å². The highest BCUT2D eigenvalue weighted by molar-refractivity contribution is 6.33. The summed E-state index contributed by atoms with van der Waals surface area (Å²) in [5.74, 6) is 2.59. The van der Waals surface area contributed by atoms with E-state index in [1.54, 1.807) is 11.1 Å². The van der Waals surface area contributed by atoms with Gasteiger partial charge < -0.3 is 0 Å². The molecule has 0 aromatic heterocycles. The summed E-state index contributed by atoms with van der Waals surface area (Å²) in [7, 11) is 0. The molecule has 3 aliphatic rings. The van der Waals surface area contributed by atoms with Gasteiger partial charge in [0.2, 0.25) is 0 Å². The molecule has 1 spiro atoms. The highest BCUT2D eigenvalue weighted by Crippen LogP contribution is 2.65. The van der Waals surface area contributed by atoms with Crippen LogP contribution in [-0.2, 0) is 5.41 Å². The Kier molecular flexibility index (Phi) is 3.97. The van der Waals surface area contributed by atoms with Crippen LogP contribution in [0.2, 0.25) is 5.02 Å². The van der Waals surface area contributed by atoms with Crippen LogP contribution in [-0.4, -0.2) is 0 Å². The Morgan fingerprint density at radius 2 is 1.59 bits per heavy atom. The average Bonchev–Trinajstić information content (AvgIpc) is 3.19. The van der Waals surface area contributed by atoms with Crippen molar-refractivity contribution in [2.75, 3.05) is 0 Å². The normalized spacial score (nSPS) is 29.1. The summed E-state index contributed by atoms with van der Waals surface area (Å²) in [6, 6.07) is 24.6. The summed E-state index contributed by atoms with van der Waals surface area (Å²) < 4.78 is 0. The lowest BCUT2D eigenvalue weighted by Gasteiger charge is -2.36. The van der Waals surface area contributed by atoms with Gasteiger partial charge >= 0.3 is 0 Å². The van der Waals surface area contributed by atoms with Gasteiger partial charge in [0.15, 0.2) is 0 Å². The maximum atomic E-state index is 6.54. The lowest BCUT2D eigenvalue weighted by molar-refractivity contribution is 0.237. The predicted molar refractivity (Wildman–Crippen MR) is 122 cm³/mol. The second-order valence-corrected chi connectivity index (χ2v) is 9.91. The van der Waals surface area contributed by atoms with E-state index in [0.717, 1.165) is 28.3 Å². The number of halogens is 1. The Labute approximate surface area is 178 Å². The van der Waals surface area contributed by atoms with Crippen LogP contribution < -0.4 is 0 Å². The van der Waals surface area contributed by atoms with Crippen LogP contribution >= 0.6 is 11.6 Å². The second kappa shape index (κ2) is 6.47. The SMILES string of the molecule is CCC1CC2CC(C1)C1(C2)c2ccccc2-c2cc(-c3ccccc3Cl)ccc21. The molecule has 1 heteroatoms. The van der Waals surface area contributed by atoms with E-state index in [1.807, 2.05) is 12.1 Å². The quantitative estimate of drug-likeness (QED) is 0.408. The zero-order chi connectivity index (χ0) is 19.6. The summed E-state index contributed by atoms with van der Waals surface area (Å²) in [6.45, 7) is 2.38. The van der Waals surface area contributed by atoms with Gasteiger partial charge in [-0.2, -0.15) is 0 Å². The Bertz CT molecular complexity index is 1100. The van der Waals surface area contributed by atoms with Crippen molar-refractivity contribution in [3.63, 3.8) is 0 Å². The summed E-state index contributed by atoms with van der Waals surface area (Å²) >= 11 is 6.54. The van der Waals surface area contributed by atoms with E-state index in [0.29, 0.717) is 0 Å². The lowest BCUT2D eigenvalue weighted by Crippen LogP contribution is -2.30. The number of hydrogen-bond acceptors (Lipinski definition) is 0. The Hall–Kier alpha value is -2.05. The molecule has 0 N–H and O–H groups in total. The fourth-order valence-electron chi connectivity index (χ4n) is 7.02. The van der Waals surface area contributed by atoms with E-state index >= 15 is 0 Å². The molecule has 3 aliphatic carbocycles. The highest BCUT2D eigenvalue weighted by Gasteiger charge is 2.56. The van der Waals surface area contributed by atoms with Gasteiger partial charge in [0, 0.05) is 16.0 Å². The van der Waals surface area contributed by atoms with Crippen LogP contribution in [0.5, 0.6) is 0 Å². The first-order valence-electron chi connectivity index (χ1n) is 11.2. The molecule has 0 aliphatic heterocycles. The van der Waals surface area contributed by atoms with Crippen molar-refractivity contribution >= 4 is 11.6 Å². The van der Waals surface area contributed by atoms with Crippen molar-refractivity contribution in [1.29, 1.82) is 0 Å². The lowest BCUT2D eigenvalue weighted by atomic mass is 9.67. The van der Waals surface area contributed by atoms with Crippen LogP contribution in [0.1, 0.15) is 50.2 Å². The molecule has 2 bridgehead atoms. The number of rotatable bonds is 2. The molecule has 0 heterocycles. The summed E-state index contributed by atoms with van der Waals surface area (Å²) in [6.07, 6.45) is 6.92. The molecule has 3 aromatic rings. The maximum absolute atomic E-state index is 6.54. The first-order valence-corrected chi connectivity index (χ1v) is 11.6. The Balaban J connectivity index is 1.55. The predicted octanol–water partition coefficient (Wildman–Crippen LogP) is 8.12. The summed E-state index contributed by atoms with van der Waals surface area (Å²) in [5, 5.41) is 0.830. The van der Waals surface area contributed by atoms with Gasteiger partial charge in [0.1, 0.15) is 0 Å². The molecule has 2 fully saturated rings. The molecule has 146 valence electrons. The van der Waals surface area contributed by atoms with Crippen molar-refractivity contribution in [3.05, 3.63) is 82.9 Å². The van der Waals surface area contributed by atoms with Gasteiger partial charge in [-0.25, -0.2) is 0 Å². The molecule has 0 radical (unpaired) electrons. The molecule has 29 heavy (non-hydrogen) atoms. The van der Waals surface area contributed by atoms with E-state index < -0.39 is 0 Å². The van der Waals surface area contributed by atoms with Gasteiger partial charge in [-0.05, 0) is 83.4 Å². The minimum atomic E-state index is 0.236. The molecule has 2 saturated carbocycles. The summed E-state index contributed by atoms with van der Waals surface area (Å²) in [4.78, 5) is 0. The second-order valence-electron chi connectivity index (χ2n) is 9.51. The van der Waals surface area contributed by atoms with Crippen LogP contribution in [0.3, 0.4) is 0 Å². The third-order valence-electron chi connectivity index (χ3n) is 8.17. The molecule has 4 unspecified atom stereocenters. The van der Waals surface area contributed by atoms with Gasteiger partial charge in [0.05, 0.1) is 0 Å². The average molecular weight is 399 g/mol. The van der Waals surface area contributed by atoms with Crippen molar-refractivity contribution in [2.24, 2.45) is 17.8 Å². The Morgan fingerprint density at radius 1 is 0.828 bits per heavy atom. The molecule has 0 saturated heterocycles. The fraction of sp³-hybridized carbons (Fsp3) is 0.357. The van der Waals surface area contributed by atoms with E-state index in [-0.39, 0.29) is 5.41 Å². The molecular formula is C28H27Cl. The van der Waals surface area contributed by atoms with Crippen LogP contribution in [0.25, 0.3) is 22.3 Å². The van der Waals surface area contributed by atoms with E-state index in [2.05, 4.69) is 61.5 Å². The zero-order valence-corrected chi connectivity index (χ0v) is 17.8. The number of fused-ring (bicyclic) bond motifs is 8. The van der Waals surface area contributed by atoms with Crippen LogP contribution in [0.4, 0.5) is 0 Å². The van der Waals surface area contributed by atoms with E-state index in [4.69, 9.17) is 11.6 Å². The topological polar surface area (TPSA) is 0 Å². The molecule has 0 amide bonds. The minimum Gasteiger partial charge on any atom is -0.0837 e.